The lowest BCUT2D eigenvalue weighted by Gasteiger charge is -2.02. The molecule has 0 aromatic carbocycles. The van der Waals surface area contributed by atoms with Gasteiger partial charge >= 0.3 is 0 Å². The molecular formula is C10H14ClN. The van der Waals surface area contributed by atoms with Crippen LogP contribution in [0, 0.1) is 6.92 Å². The molecule has 0 N–H and O–H groups in total. The summed E-state index contributed by atoms with van der Waals surface area (Å²) in [5.74, 6) is 0. The molecule has 0 aliphatic heterocycles. The first-order valence-electron chi connectivity index (χ1n) is 4.35. The zero-order valence-corrected chi connectivity index (χ0v) is 8.36. The molecule has 0 amide bonds. The fourth-order valence-corrected chi connectivity index (χ4v) is 1.41. The Hall–Kier alpha value is -0.560. The summed E-state index contributed by atoms with van der Waals surface area (Å²) in [6, 6.07) is 1.92. The Morgan fingerprint density at radius 2 is 2.25 bits per heavy atom. The number of aryl methyl sites for hydroxylation is 2. The molecule has 2 heteroatoms. The summed E-state index contributed by atoms with van der Waals surface area (Å²) in [7, 11) is 0. The summed E-state index contributed by atoms with van der Waals surface area (Å²) in [6.07, 6.45) is 5.31. The van der Waals surface area contributed by atoms with E-state index < -0.39 is 0 Å². The highest BCUT2D eigenvalue weighted by Gasteiger charge is 1.99. The molecule has 0 aliphatic rings. The Morgan fingerprint density at radius 1 is 1.50 bits per heavy atom. The van der Waals surface area contributed by atoms with E-state index in [4.69, 9.17) is 11.6 Å². The first-order chi connectivity index (χ1) is 5.74. The van der Waals surface area contributed by atoms with Gasteiger partial charge in [0.25, 0.3) is 0 Å². The van der Waals surface area contributed by atoms with Crippen molar-refractivity contribution >= 4 is 11.6 Å². The summed E-state index contributed by atoms with van der Waals surface area (Å²) in [6.45, 7) is 4.13. The molecule has 12 heavy (non-hydrogen) atoms. The van der Waals surface area contributed by atoms with Crippen LogP contribution in [-0.4, -0.2) is 4.98 Å². The SMILES string of the molecule is CCCCc1cnc(C)cc1Cl. The van der Waals surface area contributed by atoms with E-state index in [9.17, 15) is 0 Å². The minimum atomic E-state index is 0.857. The minimum absolute atomic E-state index is 0.857. The number of rotatable bonds is 3. The number of unbranched alkanes of at least 4 members (excludes halogenated alkanes) is 1. The zero-order valence-electron chi connectivity index (χ0n) is 7.60. The summed E-state index contributed by atoms with van der Waals surface area (Å²) < 4.78 is 0. The average molecular weight is 184 g/mol. The van der Waals surface area contributed by atoms with Crippen molar-refractivity contribution in [1.29, 1.82) is 0 Å². The number of nitrogens with zero attached hydrogens (tertiary/aromatic N) is 1. The maximum Gasteiger partial charge on any atom is 0.0471 e. The first-order valence-corrected chi connectivity index (χ1v) is 4.73. The van der Waals surface area contributed by atoms with Gasteiger partial charge in [0.1, 0.15) is 0 Å². The third kappa shape index (κ3) is 2.49. The molecule has 0 saturated heterocycles. The van der Waals surface area contributed by atoms with Crippen LogP contribution in [0.4, 0.5) is 0 Å². The van der Waals surface area contributed by atoms with Gasteiger partial charge in [0.15, 0.2) is 0 Å². The Bertz CT molecular complexity index is 258. The van der Waals surface area contributed by atoms with Gasteiger partial charge in [-0.2, -0.15) is 0 Å². The Kier molecular flexibility index (Phi) is 3.54. The molecule has 1 nitrogen and oxygen atoms in total. The van der Waals surface area contributed by atoms with Crippen LogP contribution < -0.4 is 0 Å². The predicted octanol–water partition coefficient (Wildman–Crippen LogP) is 3.39. The highest BCUT2D eigenvalue weighted by Crippen LogP contribution is 2.17. The fourth-order valence-electron chi connectivity index (χ4n) is 1.11. The molecule has 1 aromatic rings. The standard InChI is InChI=1S/C10H14ClN/c1-3-4-5-9-7-12-8(2)6-10(9)11/h6-7H,3-5H2,1-2H3. The molecule has 0 radical (unpaired) electrons. The smallest absolute Gasteiger partial charge is 0.0471 e. The molecule has 0 fully saturated rings. The highest BCUT2D eigenvalue weighted by molar-refractivity contribution is 6.31. The van der Waals surface area contributed by atoms with E-state index >= 15 is 0 Å². The highest BCUT2D eigenvalue weighted by atomic mass is 35.5. The lowest BCUT2D eigenvalue weighted by Crippen LogP contribution is -1.89. The van der Waals surface area contributed by atoms with E-state index in [1.54, 1.807) is 0 Å². The average Bonchev–Trinajstić information content (AvgIpc) is 2.03. The summed E-state index contributed by atoms with van der Waals surface area (Å²) in [5, 5.41) is 0.857. The summed E-state index contributed by atoms with van der Waals surface area (Å²) in [4.78, 5) is 4.21. The molecule has 66 valence electrons. The normalized spacial score (nSPS) is 10.2. The number of halogens is 1. The van der Waals surface area contributed by atoms with Crippen molar-refractivity contribution in [3.8, 4) is 0 Å². The minimum Gasteiger partial charge on any atom is -0.261 e. The number of pyridine rings is 1. The van der Waals surface area contributed by atoms with Gasteiger partial charge in [-0.05, 0) is 31.4 Å². The summed E-state index contributed by atoms with van der Waals surface area (Å²) >= 11 is 6.03. The van der Waals surface area contributed by atoms with Gasteiger partial charge in [-0.25, -0.2) is 0 Å². The van der Waals surface area contributed by atoms with Crippen molar-refractivity contribution in [2.24, 2.45) is 0 Å². The van der Waals surface area contributed by atoms with Crippen molar-refractivity contribution < 1.29 is 0 Å². The van der Waals surface area contributed by atoms with E-state index in [0.29, 0.717) is 0 Å². The van der Waals surface area contributed by atoms with Crippen LogP contribution in [0.2, 0.25) is 5.02 Å². The quantitative estimate of drug-likeness (QED) is 0.700. The third-order valence-electron chi connectivity index (χ3n) is 1.87. The van der Waals surface area contributed by atoms with Crippen LogP contribution >= 0.6 is 11.6 Å². The maximum absolute atomic E-state index is 6.03. The van der Waals surface area contributed by atoms with Crippen LogP contribution in [0.15, 0.2) is 12.3 Å². The van der Waals surface area contributed by atoms with Crippen LogP contribution in [0.5, 0.6) is 0 Å². The lowest BCUT2D eigenvalue weighted by atomic mass is 10.1. The van der Waals surface area contributed by atoms with Gasteiger partial charge in [0.2, 0.25) is 0 Å². The zero-order chi connectivity index (χ0) is 8.97. The second kappa shape index (κ2) is 4.46. The van der Waals surface area contributed by atoms with Crippen molar-refractivity contribution in [2.45, 2.75) is 33.1 Å². The first kappa shape index (κ1) is 9.53. The second-order valence-corrected chi connectivity index (χ2v) is 3.43. The molecule has 1 heterocycles. The van der Waals surface area contributed by atoms with Gasteiger partial charge in [0, 0.05) is 16.9 Å². The van der Waals surface area contributed by atoms with Crippen molar-refractivity contribution in [3.05, 3.63) is 28.5 Å². The van der Waals surface area contributed by atoms with Gasteiger partial charge in [-0.15, -0.1) is 0 Å². The Balaban J connectivity index is 2.72. The van der Waals surface area contributed by atoms with E-state index in [-0.39, 0.29) is 0 Å². The van der Waals surface area contributed by atoms with Gasteiger partial charge < -0.3 is 0 Å². The molecular weight excluding hydrogens is 170 g/mol. The predicted molar refractivity (Wildman–Crippen MR) is 52.6 cm³/mol. The largest absolute Gasteiger partial charge is 0.261 e. The Morgan fingerprint density at radius 3 is 2.83 bits per heavy atom. The molecule has 1 rings (SSSR count). The maximum atomic E-state index is 6.03. The van der Waals surface area contributed by atoms with E-state index in [2.05, 4.69) is 11.9 Å². The molecule has 0 saturated carbocycles. The van der Waals surface area contributed by atoms with Crippen LogP contribution in [0.3, 0.4) is 0 Å². The van der Waals surface area contributed by atoms with E-state index in [1.807, 2.05) is 19.2 Å². The second-order valence-electron chi connectivity index (χ2n) is 3.02. The number of aromatic nitrogens is 1. The van der Waals surface area contributed by atoms with Crippen LogP contribution in [0.25, 0.3) is 0 Å². The topological polar surface area (TPSA) is 12.9 Å². The molecule has 0 aliphatic carbocycles. The lowest BCUT2D eigenvalue weighted by molar-refractivity contribution is 0.791. The van der Waals surface area contributed by atoms with Crippen LogP contribution in [0.1, 0.15) is 31.0 Å². The van der Waals surface area contributed by atoms with Gasteiger partial charge in [0.05, 0.1) is 0 Å². The molecule has 0 unspecified atom stereocenters. The van der Waals surface area contributed by atoms with Crippen LogP contribution in [-0.2, 0) is 6.42 Å². The molecule has 0 spiro atoms. The van der Waals surface area contributed by atoms with E-state index in [0.717, 1.165) is 17.1 Å². The summed E-state index contributed by atoms with van der Waals surface area (Å²) in [5.41, 5.74) is 2.16. The fraction of sp³-hybridized carbons (Fsp3) is 0.500. The van der Waals surface area contributed by atoms with E-state index in [1.165, 1.54) is 18.4 Å². The Labute approximate surface area is 78.8 Å². The van der Waals surface area contributed by atoms with Crippen molar-refractivity contribution in [3.63, 3.8) is 0 Å². The monoisotopic (exact) mass is 183 g/mol. The molecule has 0 bridgehead atoms. The number of hydrogen-bond acceptors (Lipinski definition) is 1. The van der Waals surface area contributed by atoms with Gasteiger partial charge in [-0.1, -0.05) is 24.9 Å². The van der Waals surface area contributed by atoms with Crippen molar-refractivity contribution in [2.75, 3.05) is 0 Å². The number of hydrogen-bond donors (Lipinski definition) is 0. The third-order valence-corrected chi connectivity index (χ3v) is 2.22. The molecule has 1 aromatic heterocycles. The van der Waals surface area contributed by atoms with Gasteiger partial charge in [-0.3, -0.25) is 4.98 Å². The van der Waals surface area contributed by atoms with Crippen molar-refractivity contribution in [1.82, 2.24) is 4.98 Å². The molecule has 0 atom stereocenters.